The largest absolute Gasteiger partial charge is 0.336 e. The minimum Gasteiger partial charge on any atom is -0.336 e. The average molecular weight is 304 g/mol. The molecule has 0 saturated carbocycles. The van der Waals surface area contributed by atoms with Crippen molar-refractivity contribution in [3.05, 3.63) is 34.9 Å². The number of carbonyl (C=O) groups is 1. The van der Waals surface area contributed by atoms with Crippen molar-refractivity contribution in [2.24, 2.45) is 5.14 Å². The third kappa shape index (κ3) is 3.24. The van der Waals surface area contributed by atoms with E-state index >= 15 is 0 Å². The van der Waals surface area contributed by atoms with Crippen LogP contribution in [0.1, 0.15) is 10.4 Å². The molecule has 1 fully saturated rings. The van der Waals surface area contributed by atoms with Gasteiger partial charge in [-0.05, 0) is 12.1 Å². The first-order valence-electron chi connectivity index (χ1n) is 5.71. The van der Waals surface area contributed by atoms with Crippen LogP contribution in [0.15, 0.2) is 24.3 Å². The maximum Gasteiger partial charge on any atom is 0.277 e. The van der Waals surface area contributed by atoms with Gasteiger partial charge >= 0.3 is 0 Å². The standard InChI is InChI=1S/C11H14ClN3O3S/c12-10-4-2-1-3-9(10)11(16)14-5-7-15(8-6-14)19(13,17)18/h1-4H,5-8H2,(H2,13,17,18). The van der Waals surface area contributed by atoms with E-state index in [2.05, 4.69) is 0 Å². The Bertz CT molecular complexity index is 583. The fourth-order valence-corrected chi connectivity index (χ4v) is 2.84. The molecule has 1 amide bonds. The van der Waals surface area contributed by atoms with Gasteiger partial charge in [-0.2, -0.15) is 12.7 Å². The average Bonchev–Trinajstić information content (AvgIpc) is 2.38. The second-order valence-electron chi connectivity index (χ2n) is 4.22. The van der Waals surface area contributed by atoms with Gasteiger partial charge < -0.3 is 4.90 Å². The Labute approximate surface area is 116 Å². The van der Waals surface area contributed by atoms with Gasteiger partial charge in [-0.3, -0.25) is 4.79 Å². The molecule has 0 aromatic heterocycles. The predicted octanol–water partition coefficient (Wildman–Crippen LogP) is 0.301. The fraction of sp³-hybridized carbons (Fsp3) is 0.364. The van der Waals surface area contributed by atoms with Crippen LogP contribution in [0.5, 0.6) is 0 Å². The quantitative estimate of drug-likeness (QED) is 0.853. The number of nitrogens with two attached hydrogens (primary N) is 1. The van der Waals surface area contributed by atoms with Gasteiger partial charge in [0.25, 0.3) is 16.1 Å². The van der Waals surface area contributed by atoms with Crippen LogP contribution < -0.4 is 5.14 Å². The summed E-state index contributed by atoms with van der Waals surface area (Å²) < 4.78 is 23.5. The Hall–Kier alpha value is -1.15. The molecule has 0 unspecified atom stereocenters. The van der Waals surface area contributed by atoms with Crippen molar-refractivity contribution < 1.29 is 13.2 Å². The molecular formula is C11H14ClN3O3S. The normalized spacial score (nSPS) is 17.5. The lowest BCUT2D eigenvalue weighted by Gasteiger charge is -2.33. The molecular weight excluding hydrogens is 290 g/mol. The topological polar surface area (TPSA) is 83.7 Å². The molecule has 2 rings (SSSR count). The monoisotopic (exact) mass is 303 g/mol. The van der Waals surface area contributed by atoms with Crippen LogP contribution in [0.4, 0.5) is 0 Å². The van der Waals surface area contributed by atoms with E-state index in [9.17, 15) is 13.2 Å². The number of amides is 1. The molecule has 0 aliphatic carbocycles. The number of hydrogen-bond acceptors (Lipinski definition) is 3. The van der Waals surface area contributed by atoms with Gasteiger partial charge in [0, 0.05) is 26.2 Å². The first kappa shape index (κ1) is 14.3. The van der Waals surface area contributed by atoms with Crippen LogP contribution in [0.25, 0.3) is 0 Å². The highest BCUT2D eigenvalue weighted by atomic mass is 35.5. The molecule has 6 nitrogen and oxygen atoms in total. The lowest BCUT2D eigenvalue weighted by atomic mass is 10.2. The van der Waals surface area contributed by atoms with Gasteiger partial charge in [0.2, 0.25) is 0 Å². The molecule has 19 heavy (non-hydrogen) atoms. The molecule has 0 bridgehead atoms. The van der Waals surface area contributed by atoms with E-state index in [-0.39, 0.29) is 19.0 Å². The second-order valence-corrected chi connectivity index (χ2v) is 6.17. The zero-order valence-corrected chi connectivity index (χ0v) is 11.7. The fourth-order valence-electron chi connectivity index (χ4n) is 1.95. The van der Waals surface area contributed by atoms with E-state index in [0.717, 1.165) is 4.31 Å². The minimum absolute atomic E-state index is 0.195. The lowest BCUT2D eigenvalue weighted by molar-refractivity contribution is 0.0698. The molecule has 1 saturated heterocycles. The Morgan fingerprint density at radius 1 is 1.16 bits per heavy atom. The summed E-state index contributed by atoms with van der Waals surface area (Å²) in [5.41, 5.74) is 0.424. The Kier molecular flexibility index (Phi) is 4.10. The molecule has 0 atom stereocenters. The zero-order valence-electron chi connectivity index (χ0n) is 10.1. The van der Waals surface area contributed by atoms with Gasteiger partial charge in [0.1, 0.15) is 0 Å². The second kappa shape index (κ2) is 5.46. The molecule has 104 valence electrons. The SMILES string of the molecule is NS(=O)(=O)N1CCN(C(=O)c2ccccc2Cl)CC1. The number of piperazine rings is 1. The van der Waals surface area contributed by atoms with Crippen molar-refractivity contribution in [1.29, 1.82) is 0 Å². The summed E-state index contributed by atoms with van der Waals surface area (Å²) in [6, 6.07) is 6.78. The van der Waals surface area contributed by atoms with Crippen LogP contribution in [0.3, 0.4) is 0 Å². The van der Waals surface area contributed by atoms with Gasteiger partial charge in [0.15, 0.2) is 0 Å². The summed E-state index contributed by atoms with van der Waals surface area (Å²) in [7, 11) is -3.68. The highest BCUT2D eigenvalue weighted by molar-refractivity contribution is 7.86. The number of halogens is 1. The summed E-state index contributed by atoms with van der Waals surface area (Å²) in [4.78, 5) is 13.8. The van der Waals surface area contributed by atoms with Gasteiger partial charge in [0.05, 0.1) is 10.6 Å². The predicted molar refractivity (Wildman–Crippen MR) is 72.0 cm³/mol. The summed E-state index contributed by atoms with van der Waals surface area (Å²) in [5, 5.41) is 5.43. The van der Waals surface area contributed by atoms with E-state index in [1.54, 1.807) is 29.2 Å². The minimum atomic E-state index is -3.68. The van der Waals surface area contributed by atoms with Crippen LogP contribution in [0, 0.1) is 0 Å². The van der Waals surface area contributed by atoms with Crippen LogP contribution in [0.2, 0.25) is 5.02 Å². The number of nitrogens with zero attached hydrogens (tertiary/aromatic N) is 2. The van der Waals surface area contributed by atoms with Crippen molar-refractivity contribution in [2.75, 3.05) is 26.2 Å². The zero-order chi connectivity index (χ0) is 14.0. The maximum atomic E-state index is 12.2. The molecule has 1 heterocycles. The van der Waals surface area contributed by atoms with E-state index in [1.165, 1.54) is 0 Å². The van der Waals surface area contributed by atoms with Crippen molar-refractivity contribution in [2.45, 2.75) is 0 Å². The lowest BCUT2D eigenvalue weighted by Crippen LogP contribution is -2.52. The smallest absolute Gasteiger partial charge is 0.277 e. The molecule has 0 radical (unpaired) electrons. The van der Waals surface area contributed by atoms with Crippen molar-refractivity contribution in [3.63, 3.8) is 0 Å². The van der Waals surface area contributed by atoms with E-state index in [1.807, 2.05) is 0 Å². The van der Waals surface area contributed by atoms with E-state index in [4.69, 9.17) is 16.7 Å². The first-order chi connectivity index (χ1) is 8.89. The van der Waals surface area contributed by atoms with Gasteiger partial charge in [-0.15, -0.1) is 0 Å². The van der Waals surface area contributed by atoms with Crippen molar-refractivity contribution in [3.8, 4) is 0 Å². The molecule has 0 spiro atoms. The maximum absolute atomic E-state index is 12.2. The first-order valence-corrected chi connectivity index (χ1v) is 7.59. The number of benzene rings is 1. The summed E-state index contributed by atoms with van der Waals surface area (Å²) in [6.45, 7) is 1.02. The Morgan fingerprint density at radius 3 is 2.26 bits per heavy atom. The third-order valence-electron chi connectivity index (χ3n) is 2.99. The highest BCUT2D eigenvalue weighted by Gasteiger charge is 2.27. The number of carbonyl (C=O) groups excluding carboxylic acids is 1. The molecule has 2 N–H and O–H groups in total. The molecule has 1 aromatic carbocycles. The van der Waals surface area contributed by atoms with Gasteiger partial charge in [-0.1, -0.05) is 23.7 Å². The van der Waals surface area contributed by atoms with Crippen molar-refractivity contribution >= 4 is 27.7 Å². The van der Waals surface area contributed by atoms with Crippen LogP contribution >= 0.6 is 11.6 Å². The molecule has 1 aliphatic heterocycles. The Morgan fingerprint density at radius 2 is 1.74 bits per heavy atom. The molecule has 1 aromatic rings. The third-order valence-corrected chi connectivity index (χ3v) is 4.40. The van der Waals surface area contributed by atoms with E-state index in [0.29, 0.717) is 23.7 Å². The van der Waals surface area contributed by atoms with Crippen LogP contribution in [-0.4, -0.2) is 49.7 Å². The number of rotatable bonds is 2. The summed E-state index contributed by atoms with van der Waals surface area (Å²) >= 11 is 5.97. The summed E-state index contributed by atoms with van der Waals surface area (Å²) in [6.07, 6.45) is 0. The number of hydrogen-bond donors (Lipinski definition) is 1. The molecule has 1 aliphatic rings. The molecule has 8 heteroatoms. The van der Waals surface area contributed by atoms with Crippen LogP contribution in [-0.2, 0) is 10.2 Å². The highest BCUT2D eigenvalue weighted by Crippen LogP contribution is 2.18. The van der Waals surface area contributed by atoms with Crippen molar-refractivity contribution in [1.82, 2.24) is 9.21 Å². The Balaban J connectivity index is 2.07. The summed E-state index contributed by atoms with van der Waals surface area (Å²) in [5.74, 6) is -0.195. The van der Waals surface area contributed by atoms with E-state index < -0.39 is 10.2 Å². The van der Waals surface area contributed by atoms with Gasteiger partial charge in [-0.25, -0.2) is 5.14 Å².